The minimum atomic E-state index is 0.123. The van der Waals surface area contributed by atoms with Crippen LogP contribution in [0.2, 0.25) is 0 Å². The number of aryl methyl sites for hydroxylation is 1. The number of thiazole rings is 1. The fourth-order valence-corrected chi connectivity index (χ4v) is 6.65. The Bertz CT molecular complexity index is 595. The molecule has 4 bridgehead atoms. The average molecular weight is 322 g/mol. The first-order chi connectivity index (χ1) is 10.0. The molecule has 4 aliphatic rings. The van der Waals surface area contributed by atoms with Gasteiger partial charge in [-0.15, -0.1) is 11.3 Å². The third-order valence-corrected chi connectivity index (χ3v) is 7.02. The molecule has 0 saturated heterocycles. The van der Waals surface area contributed by atoms with Gasteiger partial charge in [-0.25, -0.2) is 0 Å². The normalized spacial score (nSPS) is 36.9. The van der Waals surface area contributed by atoms with E-state index in [0.717, 1.165) is 32.3 Å². The van der Waals surface area contributed by atoms with E-state index in [9.17, 15) is 4.79 Å². The fraction of sp³-hybridized carbons (Fsp3) is 0.750. The Morgan fingerprint density at radius 3 is 2.33 bits per heavy atom. The molecular weight excluding hydrogens is 300 g/mol. The molecule has 4 fully saturated rings. The zero-order valence-corrected chi connectivity index (χ0v) is 14.0. The van der Waals surface area contributed by atoms with Crippen LogP contribution in [0.5, 0.6) is 0 Å². The van der Waals surface area contributed by atoms with E-state index < -0.39 is 0 Å². The summed E-state index contributed by atoms with van der Waals surface area (Å²) in [5.74, 6) is 2.79. The summed E-state index contributed by atoms with van der Waals surface area (Å²) in [4.78, 5) is 16.7. The van der Waals surface area contributed by atoms with Crippen LogP contribution in [0, 0.1) is 28.6 Å². The number of hydrogen-bond acceptors (Lipinski definition) is 3. The smallest absolute Gasteiger partial charge is 0.225 e. The highest BCUT2D eigenvalue weighted by Crippen LogP contribution is 2.55. The van der Waals surface area contributed by atoms with Crippen LogP contribution in [-0.2, 0) is 11.2 Å². The number of carbonyl (C=O) groups is 1. The van der Waals surface area contributed by atoms with Gasteiger partial charge in [-0.2, -0.15) is 0 Å². The van der Waals surface area contributed by atoms with Crippen molar-refractivity contribution in [3.8, 4) is 0 Å². The third-order valence-electron chi connectivity index (χ3n) is 5.69. The van der Waals surface area contributed by atoms with Gasteiger partial charge in [0.25, 0.3) is 0 Å². The van der Waals surface area contributed by atoms with Crippen molar-refractivity contribution >= 4 is 29.5 Å². The highest BCUT2D eigenvalue weighted by Gasteiger charge is 2.51. The van der Waals surface area contributed by atoms with Crippen LogP contribution in [0.25, 0.3) is 0 Å². The molecular formula is C16H22N2OS2. The van der Waals surface area contributed by atoms with Crippen LogP contribution >= 0.6 is 23.6 Å². The Kier molecular flexibility index (Phi) is 3.26. The van der Waals surface area contributed by atoms with E-state index in [1.165, 1.54) is 49.9 Å². The predicted molar refractivity (Wildman–Crippen MR) is 87.0 cm³/mol. The van der Waals surface area contributed by atoms with Gasteiger partial charge >= 0.3 is 0 Å². The van der Waals surface area contributed by atoms with Crippen molar-refractivity contribution in [2.75, 3.05) is 0 Å². The van der Waals surface area contributed by atoms with Gasteiger partial charge in [-0.1, -0.05) is 0 Å². The Labute approximate surface area is 134 Å². The molecule has 3 nitrogen and oxygen atoms in total. The molecule has 0 atom stereocenters. The van der Waals surface area contributed by atoms with E-state index in [0.29, 0.717) is 6.42 Å². The Balaban J connectivity index is 1.47. The molecule has 21 heavy (non-hydrogen) atoms. The summed E-state index contributed by atoms with van der Waals surface area (Å²) in [6, 6.07) is 0. The fourth-order valence-electron chi connectivity index (χ4n) is 5.35. The summed E-state index contributed by atoms with van der Waals surface area (Å²) in [7, 11) is 0. The molecule has 0 radical (unpaired) electrons. The number of aromatic nitrogens is 1. The van der Waals surface area contributed by atoms with Crippen molar-refractivity contribution in [1.29, 1.82) is 0 Å². The summed E-state index contributed by atoms with van der Waals surface area (Å²) in [5, 5.41) is 3.43. The van der Waals surface area contributed by atoms with Gasteiger partial charge in [-0.3, -0.25) is 4.79 Å². The largest absolute Gasteiger partial charge is 0.350 e. The lowest BCUT2D eigenvalue weighted by molar-refractivity contribution is -0.126. The van der Waals surface area contributed by atoms with Gasteiger partial charge < -0.3 is 10.3 Å². The molecule has 114 valence electrons. The van der Waals surface area contributed by atoms with Crippen LogP contribution in [0.3, 0.4) is 0 Å². The number of carbonyl (C=O) groups excluding carboxylic acids is 1. The molecule has 1 heterocycles. The quantitative estimate of drug-likeness (QED) is 0.833. The van der Waals surface area contributed by atoms with Gasteiger partial charge in [0.1, 0.15) is 0 Å². The van der Waals surface area contributed by atoms with Gasteiger partial charge in [0.2, 0.25) is 5.91 Å². The number of H-pyrrole nitrogens is 1. The Morgan fingerprint density at radius 1 is 1.29 bits per heavy atom. The first-order valence-corrected chi connectivity index (χ1v) is 9.23. The molecule has 0 aromatic carbocycles. The number of aromatic amines is 1. The predicted octanol–water partition coefficient (Wildman–Crippen LogP) is 3.74. The Hall–Kier alpha value is -0.680. The van der Waals surface area contributed by atoms with Crippen molar-refractivity contribution in [3.05, 3.63) is 14.5 Å². The first kappa shape index (κ1) is 13.9. The van der Waals surface area contributed by atoms with Crippen LogP contribution in [0.1, 0.15) is 49.1 Å². The molecule has 5 heteroatoms. The lowest BCUT2D eigenvalue weighted by Crippen LogP contribution is -2.60. The lowest BCUT2D eigenvalue weighted by atomic mass is 9.53. The molecule has 0 unspecified atom stereocenters. The molecule has 0 spiro atoms. The molecule has 5 rings (SSSR count). The topological polar surface area (TPSA) is 44.9 Å². The third kappa shape index (κ3) is 2.59. The molecule has 4 saturated carbocycles. The Morgan fingerprint density at radius 2 is 1.86 bits per heavy atom. The number of amides is 1. The first-order valence-electron chi connectivity index (χ1n) is 8.01. The van der Waals surface area contributed by atoms with E-state index in [1.807, 2.05) is 6.92 Å². The molecule has 2 N–H and O–H groups in total. The maximum Gasteiger partial charge on any atom is 0.225 e. The maximum absolute atomic E-state index is 12.5. The van der Waals surface area contributed by atoms with Crippen LogP contribution in [0.15, 0.2) is 0 Å². The van der Waals surface area contributed by atoms with Gasteiger partial charge in [0.05, 0.1) is 6.42 Å². The van der Waals surface area contributed by atoms with Gasteiger partial charge in [0, 0.05) is 16.1 Å². The molecule has 1 aromatic heterocycles. The molecule has 4 aliphatic carbocycles. The molecule has 1 amide bonds. The van der Waals surface area contributed by atoms with E-state index in [4.69, 9.17) is 12.2 Å². The van der Waals surface area contributed by atoms with Crippen molar-refractivity contribution in [1.82, 2.24) is 10.3 Å². The summed E-state index contributed by atoms with van der Waals surface area (Å²) in [6.07, 6.45) is 8.35. The summed E-state index contributed by atoms with van der Waals surface area (Å²) in [5.41, 5.74) is 1.17. The number of hydrogen-bond donors (Lipinski definition) is 2. The van der Waals surface area contributed by atoms with Crippen molar-refractivity contribution in [2.24, 2.45) is 17.8 Å². The van der Waals surface area contributed by atoms with E-state index in [-0.39, 0.29) is 11.4 Å². The monoisotopic (exact) mass is 322 g/mol. The molecule has 1 aromatic rings. The lowest BCUT2D eigenvalue weighted by Gasteiger charge is -2.56. The molecule has 0 aliphatic heterocycles. The second-order valence-corrected chi connectivity index (χ2v) is 9.26. The zero-order chi connectivity index (χ0) is 14.6. The minimum absolute atomic E-state index is 0.123. The minimum Gasteiger partial charge on any atom is -0.350 e. The van der Waals surface area contributed by atoms with Crippen LogP contribution in [0.4, 0.5) is 0 Å². The van der Waals surface area contributed by atoms with E-state index >= 15 is 0 Å². The summed E-state index contributed by atoms with van der Waals surface area (Å²) >= 11 is 6.69. The number of nitrogens with one attached hydrogen (secondary N) is 2. The van der Waals surface area contributed by atoms with Crippen molar-refractivity contribution in [3.63, 3.8) is 0 Å². The number of rotatable bonds is 3. The summed E-state index contributed by atoms with van der Waals surface area (Å²) < 4.78 is 0.769. The van der Waals surface area contributed by atoms with Crippen LogP contribution in [-0.4, -0.2) is 16.4 Å². The SMILES string of the molecule is Cc1[nH]c(=S)sc1CC(=O)NC12CC3CC(CC(C3)C1)C2. The second-order valence-electron chi connectivity index (χ2n) is 7.49. The standard InChI is InChI=1S/C16H22N2OS2/c1-9-13(21-15(20)17-9)5-14(19)18-16-6-10-2-11(7-16)4-12(3-10)8-16/h10-12H,2-8H2,1H3,(H,17,20)(H,18,19). The second kappa shape index (κ2) is 4.92. The maximum atomic E-state index is 12.5. The van der Waals surface area contributed by atoms with Crippen molar-refractivity contribution in [2.45, 2.75) is 57.4 Å². The zero-order valence-electron chi connectivity index (χ0n) is 12.4. The van der Waals surface area contributed by atoms with Gasteiger partial charge in [-0.05, 0) is 75.4 Å². The summed E-state index contributed by atoms with van der Waals surface area (Å²) in [6.45, 7) is 2.00. The van der Waals surface area contributed by atoms with Crippen molar-refractivity contribution < 1.29 is 4.79 Å². The highest BCUT2D eigenvalue weighted by molar-refractivity contribution is 7.73. The van der Waals surface area contributed by atoms with E-state index in [1.54, 1.807) is 0 Å². The van der Waals surface area contributed by atoms with Crippen LogP contribution < -0.4 is 5.32 Å². The highest BCUT2D eigenvalue weighted by atomic mass is 32.1. The van der Waals surface area contributed by atoms with Gasteiger partial charge in [0.15, 0.2) is 3.95 Å². The average Bonchev–Trinajstić information content (AvgIpc) is 2.64. The van der Waals surface area contributed by atoms with E-state index in [2.05, 4.69) is 10.3 Å².